The number of aliphatic imine (C=N–C) groups is 1. The highest BCUT2D eigenvalue weighted by Crippen LogP contribution is 2.30. The van der Waals surface area contributed by atoms with Crippen LogP contribution in [0.4, 0.5) is 5.69 Å². The molecule has 15 heavy (non-hydrogen) atoms. The summed E-state index contributed by atoms with van der Waals surface area (Å²) in [6.07, 6.45) is 0. The molecule has 0 atom stereocenters. The standard InChI is InChI=1S/C9H9Cl2N3S/c10-6-2-1-3-7(11)8(6)13-9-12-4-5-14(9)15/h1-3,15H,4-5H2,(H,12,13). The van der Waals surface area contributed by atoms with Crippen molar-refractivity contribution in [3.05, 3.63) is 28.2 Å². The minimum absolute atomic E-state index is 0.568. The zero-order valence-electron chi connectivity index (χ0n) is 7.74. The van der Waals surface area contributed by atoms with Crippen LogP contribution in [0.5, 0.6) is 0 Å². The van der Waals surface area contributed by atoms with E-state index in [9.17, 15) is 0 Å². The zero-order valence-corrected chi connectivity index (χ0v) is 10.2. The molecule has 1 aliphatic rings. The number of hydrogen-bond donors (Lipinski definition) is 2. The minimum Gasteiger partial charge on any atom is -0.323 e. The lowest BCUT2D eigenvalue weighted by molar-refractivity contribution is 0.743. The number of hydrogen-bond acceptors (Lipinski definition) is 4. The number of guanidine groups is 1. The molecular formula is C9H9Cl2N3S. The molecule has 1 aromatic rings. The van der Waals surface area contributed by atoms with Crippen molar-refractivity contribution in [2.45, 2.75) is 0 Å². The molecule has 0 fully saturated rings. The molecule has 6 heteroatoms. The number of halogens is 2. The maximum absolute atomic E-state index is 6.01. The first-order valence-electron chi connectivity index (χ1n) is 4.40. The fraction of sp³-hybridized carbons (Fsp3) is 0.222. The molecule has 0 aliphatic carbocycles. The minimum atomic E-state index is 0.568. The van der Waals surface area contributed by atoms with Crippen molar-refractivity contribution in [1.82, 2.24) is 4.31 Å². The van der Waals surface area contributed by atoms with Crippen LogP contribution in [0, 0.1) is 0 Å². The van der Waals surface area contributed by atoms with E-state index < -0.39 is 0 Å². The molecule has 1 aliphatic heterocycles. The quantitative estimate of drug-likeness (QED) is 0.761. The second kappa shape index (κ2) is 4.51. The van der Waals surface area contributed by atoms with Crippen molar-refractivity contribution in [2.75, 3.05) is 18.4 Å². The van der Waals surface area contributed by atoms with Crippen LogP contribution in [0.1, 0.15) is 0 Å². The first kappa shape index (κ1) is 10.9. The van der Waals surface area contributed by atoms with E-state index in [0.717, 1.165) is 13.1 Å². The van der Waals surface area contributed by atoms with Crippen LogP contribution >= 0.6 is 36.0 Å². The lowest BCUT2D eigenvalue weighted by Gasteiger charge is -2.15. The van der Waals surface area contributed by atoms with Crippen LogP contribution in [-0.4, -0.2) is 23.4 Å². The monoisotopic (exact) mass is 261 g/mol. The largest absolute Gasteiger partial charge is 0.323 e. The Morgan fingerprint density at radius 2 is 2.00 bits per heavy atom. The van der Waals surface area contributed by atoms with Gasteiger partial charge in [-0.2, -0.15) is 0 Å². The summed E-state index contributed by atoms with van der Waals surface area (Å²) >= 11 is 16.3. The lowest BCUT2D eigenvalue weighted by atomic mass is 10.3. The average Bonchev–Trinajstić information content (AvgIpc) is 2.58. The topological polar surface area (TPSA) is 27.6 Å². The third-order valence-corrected chi connectivity index (χ3v) is 3.04. The van der Waals surface area contributed by atoms with Gasteiger partial charge in [0.2, 0.25) is 5.96 Å². The smallest absolute Gasteiger partial charge is 0.208 e. The number of nitrogens with zero attached hydrogens (tertiary/aromatic N) is 2. The Morgan fingerprint density at radius 1 is 1.33 bits per heavy atom. The molecule has 0 amide bonds. The Balaban J connectivity index is 2.24. The van der Waals surface area contributed by atoms with Crippen LogP contribution in [0.15, 0.2) is 23.2 Å². The predicted molar refractivity (Wildman–Crippen MR) is 68.1 cm³/mol. The third-order valence-electron chi connectivity index (χ3n) is 2.02. The highest BCUT2D eigenvalue weighted by atomic mass is 35.5. The molecule has 0 spiro atoms. The number of thiol groups is 1. The van der Waals surface area contributed by atoms with Crippen molar-refractivity contribution in [3.8, 4) is 0 Å². The molecule has 0 saturated carbocycles. The van der Waals surface area contributed by atoms with Gasteiger partial charge < -0.3 is 5.32 Å². The van der Waals surface area contributed by atoms with Crippen molar-refractivity contribution in [1.29, 1.82) is 0 Å². The van der Waals surface area contributed by atoms with E-state index in [1.54, 1.807) is 22.5 Å². The fourth-order valence-corrected chi connectivity index (χ4v) is 1.97. The Kier molecular flexibility index (Phi) is 3.29. The normalized spacial score (nSPS) is 15.4. The Bertz CT molecular complexity index is 388. The van der Waals surface area contributed by atoms with Crippen molar-refractivity contribution < 1.29 is 0 Å². The summed E-state index contributed by atoms with van der Waals surface area (Å²) in [6.45, 7) is 1.52. The lowest BCUT2D eigenvalue weighted by Crippen LogP contribution is -2.25. The summed E-state index contributed by atoms with van der Waals surface area (Å²) in [7, 11) is 0. The maximum Gasteiger partial charge on any atom is 0.208 e. The third kappa shape index (κ3) is 2.33. The van der Waals surface area contributed by atoms with E-state index in [1.165, 1.54) is 0 Å². The second-order valence-electron chi connectivity index (χ2n) is 3.05. The van der Waals surface area contributed by atoms with E-state index >= 15 is 0 Å². The van der Waals surface area contributed by atoms with Crippen LogP contribution in [-0.2, 0) is 0 Å². The predicted octanol–water partition coefficient (Wildman–Crippen LogP) is 2.92. The number of para-hydroxylation sites is 1. The fourth-order valence-electron chi connectivity index (χ4n) is 1.27. The van der Waals surface area contributed by atoms with E-state index in [2.05, 4.69) is 23.1 Å². The van der Waals surface area contributed by atoms with E-state index in [0.29, 0.717) is 21.7 Å². The summed E-state index contributed by atoms with van der Waals surface area (Å²) in [5, 5.41) is 4.20. The maximum atomic E-state index is 6.01. The van der Waals surface area contributed by atoms with Crippen LogP contribution < -0.4 is 5.32 Å². The highest BCUT2D eigenvalue weighted by Gasteiger charge is 2.15. The van der Waals surface area contributed by atoms with Crippen LogP contribution in [0.25, 0.3) is 0 Å². The molecule has 0 aromatic heterocycles. The van der Waals surface area contributed by atoms with Gasteiger partial charge in [-0.3, -0.25) is 9.30 Å². The summed E-state index contributed by atoms with van der Waals surface area (Å²) in [5.74, 6) is 0.674. The van der Waals surface area contributed by atoms with Gasteiger partial charge in [0.15, 0.2) is 0 Å². The molecule has 0 saturated heterocycles. The van der Waals surface area contributed by atoms with Gasteiger partial charge in [-0.25, -0.2) is 0 Å². The van der Waals surface area contributed by atoms with Gasteiger partial charge in [0, 0.05) is 0 Å². The van der Waals surface area contributed by atoms with Crippen LogP contribution in [0.3, 0.4) is 0 Å². The van der Waals surface area contributed by atoms with Crippen LogP contribution in [0.2, 0.25) is 10.0 Å². The van der Waals surface area contributed by atoms with Gasteiger partial charge in [-0.15, -0.1) is 0 Å². The molecule has 80 valence electrons. The molecular weight excluding hydrogens is 253 g/mol. The molecule has 0 bridgehead atoms. The molecule has 0 radical (unpaired) electrons. The summed E-state index contributed by atoms with van der Waals surface area (Å²) in [6, 6.07) is 5.34. The van der Waals surface area contributed by atoms with Crippen molar-refractivity contribution >= 4 is 47.7 Å². The van der Waals surface area contributed by atoms with E-state index in [-0.39, 0.29) is 0 Å². The Hall–Kier alpha value is -0.580. The highest BCUT2D eigenvalue weighted by molar-refractivity contribution is 7.78. The van der Waals surface area contributed by atoms with Crippen molar-refractivity contribution in [3.63, 3.8) is 0 Å². The number of nitrogens with one attached hydrogen (secondary N) is 1. The summed E-state index contributed by atoms with van der Waals surface area (Å²) < 4.78 is 1.72. The number of benzene rings is 1. The Labute approximate surface area is 104 Å². The molecule has 3 nitrogen and oxygen atoms in total. The second-order valence-corrected chi connectivity index (χ2v) is 4.35. The first-order valence-corrected chi connectivity index (χ1v) is 5.56. The van der Waals surface area contributed by atoms with Gasteiger partial charge in [0.05, 0.1) is 28.8 Å². The van der Waals surface area contributed by atoms with Gasteiger partial charge in [-0.05, 0) is 12.1 Å². The van der Waals surface area contributed by atoms with Gasteiger partial charge in [-0.1, -0.05) is 42.1 Å². The van der Waals surface area contributed by atoms with Gasteiger partial charge >= 0.3 is 0 Å². The Morgan fingerprint density at radius 3 is 2.53 bits per heavy atom. The van der Waals surface area contributed by atoms with Gasteiger partial charge in [0.25, 0.3) is 0 Å². The molecule has 0 unspecified atom stereocenters. The van der Waals surface area contributed by atoms with E-state index in [1.807, 2.05) is 0 Å². The molecule has 2 rings (SSSR count). The van der Waals surface area contributed by atoms with E-state index in [4.69, 9.17) is 23.2 Å². The average molecular weight is 262 g/mol. The SMILES string of the molecule is SN1CCN=C1Nc1c(Cl)cccc1Cl. The molecule has 1 heterocycles. The summed E-state index contributed by atoms with van der Waals surface area (Å²) in [5.41, 5.74) is 0.667. The number of rotatable bonds is 1. The molecule has 1 aromatic carbocycles. The summed E-state index contributed by atoms with van der Waals surface area (Å²) in [4.78, 5) is 4.23. The number of anilines is 1. The van der Waals surface area contributed by atoms with Gasteiger partial charge in [0.1, 0.15) is 0 Å². The molecule has 1 N–H and O–H groups in total. The first-order chi connectivity index (χ1) is 7.18. The zero-order chi connectivity index (χ0) is 10.8. The van der Waals surface area contributed by atoms with Crippen molar-refractivity contribution in [2.24, 2.45) is 4.99 Å².